The van der Waals surface area contributed by atoms with E-state index in [-0.39, 0.29) is 11.7 Å². The number of nitrogens with one attached hydrogen (secondary N) is 1. The number of halogens is 1. The number of fused-ring (bicyclic) bond motifs is 1. The van der Waals surface area contributed by atoms with Crippen LogP contribution in [0.1, 0.15) is 28.9 Å². The van der Waals surface area contributed by atoms with E-state index in [2.05, 4.69) is 5.32 Å². The van der Waals surface area contributed by atoms with Gasteiger partial charge in [-0.05, 0) is 36.4 Å². The molecular formula is C17H15FN2OS. The largest absolute Gasteiger partial charge is 0.348 e. The Balaban J connectivity index is 1.75. The highest BCUT2D eigenvalue weighted by molar-refractivity contribution is 7.17. The summed E-state index contributed by atoms with van der Waals surface area (Å²) in [6.45, 7) is 0.361. The summed E-state index contributed by atoms with van der Waals surface area (Å²) < 4.78 is 16.9. The predicted octanol–water partition coefficient (Wildman–Crippen LogP) is 3.78. The second kappa shape index (κ2) is 5.25. The number of benzene rings is 1. The fourth-order valence-electron chi connectivity index (χ4n) is 2.62. The molecule has 1 amide bonds. The number of rotatable bonds is 4. The number of aromatic nitrogens is 1. The summed E-state index contributed by atoms with van der Waals surface area (Å²) in [6, 6.07) is 10.9. The maximum atomic E-state index is 13.9. The fourth-order valence-corrected chi connectivity index (χ4v) is 3.44. The minimum atomic E-state index is -0.242. The van der Waals surface area contributed by atoms with Crippen LogP contribution in [0.5, 0.6) is 0 Å². The van der Waals surface area contributed by atoms with Crippen LogP contribution in [-0.4, -0.2) is 16.5 Å². The molecule has 0 saturated heterocycles. The molecule has 0 aliphatic heterocycles. The van der Waals surface area contributed by atoms with Crippen molar-refractivity contribution in [1.29, 1.82) is 0 Å². The summed E-state index contributed by atoms with van der Waals surface area (Å²) in [5.74, 6) is -0.310. The lowest BCUT2D eigenvalue weighted by Gasteiger charge is -2.11. The summed E-state index contributed by atoms with van der Waals surface area (Å²) in [5.41, 5.74) is 2.18. The van der Waals surface area contributed by atoms with Crippen molar-refractivity contribution in [2.24, 2.45) is 0 Å². The van der Waals surface area contributed by atoms with E-state index in [1.54, 1.807) is 23.5 Å². The summed E-state index contributed by atoms with van der Waals surface area (Å²) in [7, 11) is 0. The van der Waals surface area contributed by atoms with E-state index >= 15 is 0 Å². The van der Waals surface area contributed by atoms with Crippen LogP contribution in [0.25, 0.3) is 10.2 Å². The first-order chi connectivity index (χ1) is 10.7. The van der Waals surface area contributed by atoms with Crippen LogP contribution in [-0.2, 0) is 6.54 Å². The quantitative estimate of drug-likeness (QED) is 0.781. The zero-order chi connectivity index (χ0) is 15.1. The van der Waals surface area contributed by atoms with Gasteiger partial charge >= 0.3 is 0 Å². The maximum Gasteiger partial charge on any atom is 0.268 e. The first-order valence-electron chi connectivity index (χ1n) is 7.33. The van der Waals surface area contributed by atoms with Gasteiger partial charge in [-0.25, -0.2) is 4.39 Å². The lowest BCUT2D eigenvalue weighted by atomic mass is 10.2. The number of carbonyl (C=O) groups excluding carboxylic acids is 1. The van der Waals surface area contributed by atoms with Crippen LogP contribution in [0, 0.1) is 5.82 Å². The topological polar surface area (TPSA) is 34.0 Å². The Labute approximate surface area is 131 Å². The molecule has 4 rings (SSSR count). The molecule has 0 atom stereocenters. The van der Waals surface area contributed by atoms with Crippen LogP contribution in [0.3, 0.4) is 0 Å². The molecule has 1 aromatic carbocycles. The van der Waals surface area contributed by atoms with Gasteiger partial charge in [-0.3, -0.25) is 4.79 Å². The van der Waals surface area contributed by atoms with E-state index in [1.165, 1.54) is 6.07 Å². The first-order valence-corrected chi connectivity index (χ1v) is 8.21. The molecule has 1 saturated carbocycles. The van der Waals surface area contributed by atoms with Crippen LogP contribution in [0.2, 0.25) is 0 Å². The zero-order valence-electron chi connectivity index (χ0n) is 11.9. The molecule has 5 heteroatoms. The van der Waals surface area contributed by atoms with E-state index in [9.17, 15) is 9.18 Å². The van der Waals surface area contributed by atoms with Crippen molar-refractivity contribution in [1.82, 2.24) is 9.88 Å². The molecule has 112 valence electrons. The molecule has 2 heterocycles. The SMILES string of the molecule is O=C(NC1CC1)c1cc2sccc2n1Cc1ccccc1F. The average molecular weight is 314 g/mol. The van der Waals surface area contributed by atoms with Gasteiger partial charge < -0.3 is 9.88 Å². The molecule has 0 unspecified atom stereocenters. The number of nitrogens with zero attached hydrogens (tertiary/aromatic N) is 1. The van der Waals surface area contributed by atoms with E-state index in [0.29, 0.717) is 23.8 Å². The van der Waals surface area contributed by atoms with Crippen LogP contribution in [0.15, 0.2) is 41.8 Å². The molecule has 1 aliphatic rings. The van der Waals surface area contributed by atoms with Gasteiger partial charge in [0.25, 0.3) is 5.91 Å². The number of hydrogen-bond acceptors (Lipinski definition) is 2. The number of carbonyl (C=O) groups is 1. The van der Waals surface area contributed by atoms with E-state index in [0.717, 1.165) is 23.1 Å². The van der Waals surface area contributed by atoms with Gasteiger partial charge in [0.2, 0.25) is 0 Å². The third kappa shape index (κ3) is 2.41. The molecule has 1 N–H and O–H groups in total. The molecular weight excluding hydrogens is 299 g/mol. The molecule has 0 bridgehead atoms. The Morgan fingerprint density at radius 3 is 2.91 bits per heavy atom. The smallest absolute Gasteiger partial charge is 0.268 e. The lowest BCUT2D eigenvalue weighted by molar-refractivity contribution is 0.0942. The van der Waals surface area contributed by atoms with Gasteiger partial charge in [-0.2, -0.15) is 0 Å². The fraction of sp³-hybridized carbons (Fsp3) is 0.235. The van der Waals surface area contributed by atoms with Gasteiger partial charge in [-0.15, -0.1) is 11.3 Å². The molecule has 1 fully saturated rings. The summed E-state index contributed by atoms with van der Waals surface area (Å²) in [4.78, 5) is 12.4. The van der Waals surface area contributed by atoms with Gasteiger partial charge in [0, 0.05) is 11.6 Å². The summed E-state index contributed by atoms with van der Waals surface area (Å²) in [5, 5.41) is 5.00. The van der Waals surface area contributed by atoms with Crippen molar-refractivity contribution in [3.05, 3.63) is 58.9 Å². The Hall–Kier alpha value is -2.14. The van der Waals surface area contributed by atoms with Crippen molar-refractivity contribution >= 4 is 27.5 Å². The molecule has 3 aromatic rings. The molecule has 0 radical (unpaired) electrons. The third-order valence-corrected chi connectivity index (χ3v) is 4.81. The van der Waals surface area contributed by atoms with Crippen LogP contribution < -0.4 is 5.32 Å². The average Bonchev–Trinajstić information content (AvgIpc) is 3.08. The Morgan fingerprint density at radius 1 is 1.32 bits per heavy atom. The standard InChI is InChI=1S/C17H15FN2OS/c18-13-4-2-1-3-11(13)10-20-14-7-8-22-16(14)9-15(20)17(21)19-12-5-6-12/h1-4,7-9,12H,5-6,10H2,(H,19,21). The van der Waals surface area contributed by atoms with E-state index in [1.807, 2.05) is 28.1 Å². The number of hydrogen-bond donors (Lipinski definition) is 1. The van der Waals surface area contributed by atoms with Gasteiger partial charge in [0.1, 0.15) is 11.5 Å². The van der Waals surface area contributed by atoms with Crippen molar-refractivity contribution < 1.29 is 9.18 Å². The van der Waals surface area contributed by atoms with Crippen molar-refractivity contribution in [2.75, 3.05) is 0 Å². The highest BCUT2D eigenvalue weighted by Gasteiger charge is 2.26. The zero-order valence-corrected chi connectivity index (χ0v) is 12.7. The van der Waals surface area contributed by atoms with E-state index < -0.39 is 0 Å². The summed E-state index contributed by atoms with van der Waals surface area (Å²) >= 11 is 1.59. The highest BCUT2D eigenvalue weighted by Crippen LogP contribution is 2.27. The Bertz CT molecular complexity index is 847. The number of thiophene rings is 1. The minimum Gasteiger partial charge on any atom is -0.348 e. The van der Waals surface area contributed by atoms with Gasteiger partial charge in [-0.1, -0.05) is 18.2 Å². The van der Waals surface area contributed by atoms with Crippen molar-refractivity contribution in [2.45, 2.75) is 25.4 Å². The molecule has 2 aromatic heterocycles. The second-order valence-electron chi connectivity index (χ2n) is 5.62. The maximum absolute atomic E-state index is 13.9. The molecule has 1 aliphatic carbocycles. The molecule has 3 nitrogen and oxygen atoms in total. The highest BCUT2D eigenvalue weighted by atomic mass is 32.1. The predicted molar refractivity (Wildman–Crippen MR) is 85.8 cm³/mol. The third-order valence-electron chi connectivity index (χ3n) is 3.95. The van der Waals surface area contributed by atoms with Crippen molar-refractivity contribution in [3.63, 3.8) is 0 Å². The first kappa shape index (κ1) is 13.5. The van der Waals surface area contributed by atoms with Crippen LogP contribution >= 0.6 is 11.3 Å². The lowest BCUT2D eigenvalue weighted by Crippen LogP contribution is -2.27. The minimum absolute atomic E-state index is 0.0674. The normalized spacial score (nSPS) is 14.4. The number of amides is 1. The molecule has 22 heavy (non-hydrogen) atoms. The van der Waals surface area contributed by atoms with Gasteiger partial charge in [0.05, 0.1) is 16.8 Å². The van der Waals surface area contributed by atoms with Crippen molar-refractivity contribution in [3.8, 4) is 0 Å². The Morgan fingerprint density at radius 2 is 2.14 bits per heavy atom. The second-order valence-corrected chi connectivity index (χ2v) is 6.57. The molecule has 0 spiro atoms. The summed E-state index contributed by atoms with van der Waals surface area (Å²) in [6.07, 6.45) is 2.10. The Kier molecular flexibility index (Phi) is 3.22. The van der Waals surface area contributed by atoms with E-state index in [4.69, 9.17) is 0 Å². The van der Waals surface area contributed by atoms with Crippen LogP contribution in [0.4, 0.5) is 4.39 Å². The monoisotopic (exact) mass is 314 g/mol. The van der Waals surface area contributed by atoms with Gasteiger partial charge in [0.15, 0.2) is 0 Å².